The summed E-state index contributed by atoms with van der Waals surface area (Å²) < 4.78 is 5.28. The van der Waals surface area contributed by atoms with E-state index in [1.54, 1.807) is 0 Å². The summed E-state index contributed by atoms with van der Waals surface area (Å²) in [6.45, 7) is 6.85. The van der Waals surface area contributed by atoms with Gasteiger partial charge in [-0.15, -0.1) is 0 Å². The zero-order valence-electron chi connectivity index (χ0n) is 11.6. The van der Waals surface area contributed by atoms with Gasteiger partial charge in [0.1, 0.15) is 5.82 Å². The fraction of sp³-hybridized carbons (Fsp3) is 0.769. The summed E-state index contributed by atoms with van der Waals surface area (Å²) in [6, 6.07) is 0.338. The van der Waals surface area contributed by atoms with Crippen molar-refractivity contribution < 1.29 is 4.74 Å². The van der Waals surface area contributed by atoms with E-state index in [0.29, 0.717) is 18.5 Å². The van der Waals surface area contributed by atoms with Crippen molar-refractivity contribution in [3.63, 3.8) is 0 Å². The summed E-state index contributed by atoms with van der Waals surface area (Å²) in [7, 11) is 0. The molecule has 0 aliphatic carbocycles. The zero-order chi connectivity index (χ0) is 13.4. The predicted molar refractivity (Wildman–Crippen MR) is 72.4 cm³/mol. The Morgan fingerprint density at radius 3 is 2.56 bits per heavy atom. The van der Waals surface area contributed by atoms with Gasteiger partial charge in [-0.3, -0.25) is 0 Å². The van der Waals surface area contributed by atoms with E-state index in [2.05, 4.69) is 28.8 Å². The van der Waals surface area contributed by atoms with Gasteiger partial charge in [-0.25, -0.2) is 0 Å². The van der Waals surface area contributed by atoms with Crippen molar-refractivity contribution >= 4 is 5.95 Å². The Kier molecular flexibility index (Phi) is 6.39. The summed E-state index contributed by atoms with van der Waals surface area (Å²) >= 11 is 0. The van der Waals surface area contributed by atoms with Crippen molar-refractivity contribution in [3.8, 4) is 6.01 Å². The van der Waals surface area contributed by atoms with Crippen molar-refractivity contribution in [1.82, 2.24) is 15.0 Å². The smallest absolute Gasteiger partial charge is 0.321 e. The topological polar surface area (TPSA) is 73.9 Å². The van der Waals surface area contributed by atoms with Gasteiger partial charge in [-0.2, -0.15) is 15.0 Å². The van der Waals surface area contributed by atoms with Gasteiger partial charge in [-0.05, 0) is 12.8 Å². The van der Waals surface area contributed by atoms with Crippen LogP contribution in [0.3, 0.4) is 0 Å². The maximum Gasteiger partial charge on any atom is 0.321 e. The molecule has 1 atom stereocenters. The van der Waals surface area contributed by atoms with Gasteiger partial charge < -0.3 is 10.5 Å². The lowest BCUT2D eigenvalue weighted by atomic mass is 9.95. The predicted octanol–water partition coefficient (Wildman–Crippen LogP) is 2.61. The molecule has 0 fully saturated rings. The third-order valence-corrected chi connectivity index (χ3v) is 2.97. The highest BCUT2D eigenvalue weighted by Gasteiger charge is 2.11. The maximum absolute atomic E-state index is 5.66. The number of ether oxygens (including phenoxy) is 1. The molecule has 0 aliphatic heterocycles. The van der Waals surface area contributed by atoms with Crippen LogP contribution in [0.25, 0.3) is 0 Å². The number of anilines is 1. The molecule has 1 rings (SSSR count). The standard InChI is InChI=1S/C13H24N4O/c1-4-7-8-10(5-2)9-11-15-12(14)17-13(16-11)18-6-3/h10H,4-9H2,1-3H3,(H2,14,15,16,17). The summed E-state index contributed by atoms with van der Waals surface area (Å²) in [5.74, 6) is 1.60. The molecule has 5 heteroatoms. The van der Waals surface area contributed by atoms with E-state index in [0.717, 1.165) is 18.7 Å². The van der Waals surface area contributed by atoms with Crippen molar-refractivity contribution in [1.29, 1.82) is 0 Å². The molecule has 102 valence electrons. The molecular formula is C13H24N4O. The van der Waals surface area contributed by atoms with Crippen LogP contribution in [-0.2, 0) is 6.42 Å². The Hall–Kier alpha value is -1.39. The summed E-state index contributed by atoms with van der Waals surface area (Å²) in [5.41, 5.74) is 5.66. The number of unbranched alkanes of at least 4 members (excludes halogenated alkanes) is 1. The fourth-order valence-corrected chi connectivity index (χ4v) is 1.90. The minimum Gasteiger partial charge on any atom is -0.464 e. The molecule has 0 saturated carbocycles. The first-order chi connectivity index (χ1) is 8.69. The average molecular weight is 252 g/mol. The molecule has 1 aromatic heterocycles. The van der Waals surface area contributed by atoms with E-state index in [1.807, 2.05) is 6.92 Å². The van der Waals surface area contributed by atoms with Crippen LogP contribution < -0.4 is 10.5 Å². The van der Waals surface area contributed by atoms with Gasteiger partial charge in [0.2, 0.25) is 5.95 Å². The highest BCUT2D eigenvalue weighted by molar-refractivity contribution is 5.18. The Balaban J connectivity index is 2.69. The van der Waals surface area contributed by atoms with E-state index in [-0.39, 0.29) is 5.95 Å². The third-order valence-electron chi connectivity index (χ3n) is 2.97. The first kappa shape index (κ1) is 14.7. The largest absolute Gasteiger partial charge is 0.464 e. The highest BCUT2D eigenvalue weighted by atomic mass is 16.5. The van der Waals surface area contributed by atoms with Crippen molar-refractivity contribution in [2.45, 2.75) is 52.9 Å². The van der Waals surface area contributed by atoms with Crippen LogP contribution in [0, 0.1) is 5.92 Å². The Morgan fingerprint density at radius 2 is 1.94 bits per heavy atom. The number of nitrogens with two attached hydrogens (primary N) is 1. The molecule has 0 aromatic carbocycles. The van der Waals surface area contributed by atoms with Crippen LogP contribution in [0.5, 0.6) is 6.01 Å². The molecule has 0 saturated heterocycles. The average Bonchev–Trinajstić information content (AvgIpc) is 2.34. The molecule has 1 aromatic rings. The number of rotatable bonds is 8. The van der Waals surface area contributed by atoms with E-state index in [1.165, 1.54) is 19.3 Å². The van der Waals surface area contributed by atoms with Crippen LogP contribution in [0.2, 0.25) is 0 Å². The van der Waals surface area contributed by atoms with Gasteiger partial charge in [0, 0.05) is 6.42 Å². The van der Waals surface area contributed by atoms with E-state index < -0.39 is 0 Å². The van der Waals surface area contributed by atoms with Crippen LogP contribution in [-0.4, -0.2) is 21.6 Å². The zero-order valence-corrected chi connectivity index (χ0v) is 11.6. The van der Waals surface area contributed by atoms with Gasteiger partial charge in [0.25, 0.3) is 0 Å². The van der Waals surface area contributed by atoms with Crippen LogP contribution in [0.1, 0.15) is 52.3 Å². The summed E-state index contributed by atoms with van der Waals surface area (Å²) in [5, 5.41) is 0. The number of aromatic nitrogens is 3. The van der Waals surface area contributed by atoms with Gasteiger partial charge in [-0.1, -0.05) is 39.5 Å². The van der Waals surface area contributed by atoms with Crippen LogP contribution in [0.4, 0.5) is 5.95 Å². The lowest BCUT2D eigenvalue weighted by Crippen LogP contribution is -2.11. The molecule has 0 radical (unpaired) electrons. The molecule has 0 amide bonds. The molecule has 18 heavy (non-hydrogen) atoms. The van der Waals surface area contributed by atoms with Crippen molar-refractivity contribution in [2.24, 2.45) is 5.92 Å². The van der Waals surface area contributed by atoms with Gasteiger partial charge in [0.15, 0.2) is 0 Å². The van der Waals surface area contributed by atoms with Gasteiger partial charge >= 0.3 is 6.01 Å². The van der Waals surface area contributed by atoms with E-state index >= 15 is 0 Å². The number of nitrogen functional groups attached to an aromatic ring is 1. The third kappa shape index (κ3) is 4.85. The molecule has 0 aliphatic rings. The SMILES string of the molecule is CCCCC(CC)Cc1nc(N)nc(OCC)n1. The van der Waals surface area contributed by atoms with Crippen LogP contribution >= 0.6 is 0 Å². The normalized spacial score (nSPS) is 12.4. The van der Waals surface area contributed by atoms with Gasteiger partial charge in [0.05, 0.1) is 6.61 Å². The minimum absolute atomic E-state index is 0.244. The Bertz CT molecular complexity index is 357. The second-order valence-electron chi connectivity index (χ2n) is 4.45. The van der Waals surface area contributed by atoms with E-state index in [4.69, 9.17) is 10.5 Å². The molecule has 2 N–H and O–H groups in total. The molecule has 0 bridgehead atoms. The quantitative estimate of drug-likeness (QED) is 0.769. The summed E-state index contributed by atoms with van der Waals surface area (Å²) in [6.07, 6.45) is 5.67. The number of hydrogen-bond acceptors (Lipinski definition) is 5. The van der Waals surface area contributed by atoms with Crippen LogP contribution in [0.15, 0.2) is 0 Å². The lowest BCUT2D eigenvalue weighted by Gasteiger charge is -2.13. The Morgan fingerprint density at radius 1 is 1.17 bits per heavy atom. The molecule has 1 unspecified atom stereocenters. The highest BCUT2D eigenvalue weighted by Crippen LogP contribution is 2.18. The Labute approximate surface area is 109 Å². The summed E-state index contributed by atoms with van der Waals surface area (Å²) in [4.78, 5) is 12.4. The van der Waals surface area contributed by atoms with E-state index in [9.17, 15) is 0 Å². The number of nitrogens with zero attached hydrogens (tertiary/aromatic N) is 3. The van der Waals surface area contributed by atoms with Crippen molar-refractivity contribution in [3.05, 3.63) is 5.82 Å². The maximum atomic E-state index is 5.66. The molecular weight excluding hydrogens is 228 g/mol. The molecule has 5 nitrogen and oxygen atoms in total. The second kappa shape index (κ2) is 7.84. The first-order valence-corrected chi connectivity index (χ1v) is 6.82. The lowest BCUT2D eigenvalue weighted by molar-refractivity contribution is 0.309. The van der Waals surface area contributed by atoms with Crippen molar-refractivity contribution in [2.75, 3.05) is 12.3 Å². The minimum atomic E-state index is 0.244. The number of hydrogen-bond donors (Lipinski definition) is 1. The molecule has 1 heterocycles. The fourth-order valence-electron chi connectivity index (χ4n) is 1.90. The second-order valence-corrected chi connectivity index (χ2v) is 4.45. The first-order valence-electron chi connectivity index (χ1n) is 6.82. The molecule has 0 spiro atoms. The monoisotopic (exact) mass is 252 g/mol.